The zero-order valence-electron chi connectivity index (χ0n) is 10.1. The highest BCUT2D eigenvalue weighted by Crippen LogP contribution is 2.18. The van der Waals surface area contributed by atoms with E-state index in [1.165, 1.54) is 9.13 Å². The molecule has 0 aliphatic carbocycles. The number of rotatable bonds is 3. The van der Waals surface area contributed by atoms with Crippen LogP contribution in [-0.2, 0) is 6.54 Å². The van der Waals surface area contributed by atoms with Gasteiger partial charge in [0.1, 0.15) is 0 Å². The maximum absolute atomic E-state index is 8.90. The molecule has 0 aliphatic heterocycles. The molecule has 0 unspecified atom stereocenters. The van der Waals surface area contributed by atoms with Gasteiger partial charge < -0.3 is 5.32 Å². The molecule has 0 aliphatic rings. The topological polar surface area (TPSA) is 35.8 Å². The Hall–Kier alpha value is -1.54. The minimum Gasteiger partial charge on any atom is -0.381 e. The average Bonchev–Trinajstić information content (AvgIpc) is 2.38. The Kier molecular flexibility index (Phi) is 4.21. The van der Waals surface area contributed by atoms with Crippen molar-refractivity contribution in [2.24, 2.45) is 0 Å². The molecule has 2 aromatic rings. The smallest absolute Gasteiger partial charge is 0.0992 e. The lowest BCUT2D eigenvalue weighted by atomic mass is 10.1. The van der Waals surface area contributed by atoms with E-state index in [4.69, 9.17) is 5.26 Å². The third-order valence-corrected chi connectivity index (χ3v) is 3.41. The Morgan fingerprint density at radius 1 is 1.22 bits per heavy atom. The van der Waals surface area contributed by atoms with Gasteiger partial charge in [-0.1, -0.05) is 18.2 Å². The van der Waals surface area contributed by atoms with Gasteiger partial charge in [-0.15, -0.1) is 0 Å². The van der Waals surface area contributed by atoms with Gasteiger partial charge in [-0.3, -0.25) is 0 Å². The van der Waals surface area contributed by atoms with Crippen LogP contribution in [0.15, 0.2) is 42.5 Å². The largest absolute Gasteiger partial charge is 0.381 e. The van der Waals surface area contributed by atoms with Crippen LogP contribution in [0.4, 0.5) is 5.69 Å². The highest BCUT2D eigenvalue weighted by Gasteiger charge is 2.00. The Bertz CT molecular complexity index is 600. The summed E-state index contributed by atoms with van der Waals surface area (Å²) in [4.78, 5) is 0. The molecule has 0 atom stereocenters. The first-order valence-electron chi connectivity index (χ1n) is 5.68. The molecule has 0 saturated heterocycles. The summed E-state index contributed by atoms with van der Waals surface area (Å²) in [6, 6.07) is 16.2. The van der Waals surface area contributed by atoms with Crippen LogP contribution < -0.4 is 5.32 Å². The molecule has 0 saturated carbocycles. The fraction of sp³-hybridized carbons (Fsp3) is 0.133. The predicted octanol–water partition coefficient (Wildman–Crippen LogP) is 4.08. The minimum atomic E-state index is 0.686. The molecule has 0 radical (unpaired) electrons. The monoisotopic (exact) mass is 348 g/mol. The second-order valence-electron chi connectivity index (χ2n) is 4.12. The van der Waals surface area contributed by atoms with Gasteiger partial charge >= 0.3 is 0 Å². The summed E-state index contributed by atoms with van der Waals surface area (Å²) in [5.41, 5.74) is 4.10. The first kappa shape index (κ1) is 12.9. The van der Waals surface area contributed by atoms with Crippen LogP contribution >= 0.6 is 22.6 Å². The van der Waals surface area contributed by atoms with Gasteiger partial charge in [0.15, 0.2) is 0 Å². The lowest BCUT2D eigenvalue weighted by molar-refractivity contribution is 1.14. The van der Waals surface area contributed by atoms with Crippen molar-refractivity contribution in [3.8, 4) is 6.07 Å². The number of benzene rings is 2. The predicted molar refractivity (Wildman–Crippen MR) is 82.4 cm³/mol. The van der Waals surface area contributed by atoms with Crippen LogP contribution in [0, 0.1) is 21.8 Å². The van der Waals surface area contributed by atoms with Crippen molar-refractivity contribution in [2.75, 3.05) is 5.32 Å². The number of nitrogens with zero attached hydrogens (tertiary/aromatic N) is 1. The quantitative estimate of drug-likeness (QED) is 0.849. The zero-order chi connectivity index (χ0) is 13.0. The summed E-state index contributed by atoms with van der Waals surface area (Å²) in [6.45, 7) is 2.81. The Labute approximate surface area is 121 Å². The van der Waals surface area contributed by atoms with E-state index in [0.29, 0.717) is 5.56 Å². The van der Waals surface area contributed by atoms with Gasteiger partial charge in [0.05, 0.1) is 11.6 Å². The van der Waals surface area contributed by atoms with Crippen LogP contribution in [0.3, 0.4) is 0 Å². The maximum Gasteiger partial charge on any atom is 0.0992 e. The zero-order valence-corrected chi connectivity index (χ0v) is 12.2. The van der Waals surface area contributed by atoms with Crippen molar-refractivity contribution in [1.29, 1.82) is 5.26 Å². The van der Waals surface area contributed by atoms with E-state index in [0.717, 1.165) is 17.8 Å². The second-order valence-corrected chi connectivity index (χ2v) is 5.37. The molecule has 18 heavy (non-hydrogen) atoms. The molecule has 0 heterocycles. The Morgan fingerprint density at radius 2 is 2.06 bits per heavy atom. The van der Waals surface area contributed by atoms with Crippen LogP contribution in [0.25, 0.3) is 0 Å². The third-order valence-electron chi connectivity index (χ3n) is 2.74. The molecule has 2 nitrogen and oxygen atoms in total. The molecule has 0 amide bonds. The molecule has 0 bridgehead atoms. The van der Waals surface area contributed by atoms with E-state index in [9.17, 15) is 0 Å². The van der Waals surface area contributed by atoms with Gasteiger partial charge in [0, 0.05) is 15.8 Å². The number of aryl methyl sites for hydroxylation is 1. The van der Waals surface area contributed by atoms with E-state index >= 15 is 0 Å². The molecule has 2 rings (SSSR count). The molecular weight excluding hydrogens is 335 g/mol. The van der Waals surface area contributed by atoms with E-state index in [1.54, 1.807) is 0 Å². The van der Waals surface area contributed by atoms with Gasteiger partial charge in [0.25, 0.3) is 0 Å². The number of hydrogen-bond acceptors (Lipinski definition) is 2. The van der Waals surface area contributed by atoms with Crippen LogP contribution in [0.2, 0.25) is 0 Å². The number of hydrogen-bond donors (Lipinski definition) is 1. The summed E-state index contributed by atoms with van der Waals surface area (Å²) in [5, 5.41) is 12.3. The van der Waals surface area contributed by atoms with E-state index in [1.807, 2.05) is 25.1 Å². The average molecular weight is 348 g/mol. The highest BCUT2D eigenvalue weighted by atomic mass is 127. The van der Waals surface area contributed by atoms with Gasteiger partial charge in [-0.2, -0.15) is 5.26 Å². The summed E-state index contributed by atoms with van der Waals surface area (Å²) in [7, 11) is 0. The standard InChI is InChI=1S/C15H13IN2/c1-11-5-6-12(9-17)8-15(11)18-10-13-3-2-4-14(16)7-13/h2-8,18H,10H2,1H3. The Morgan fingerprint density at radius 3 is 2.78 bits per heavy atom. The fourth-order valence-electron chi connectivity index (χ4n) is 1.73. The second kappa shape index (κ2) is 5.87. The van der Waals surface area contributed by atoms with E-state index in [2.05, 4.69) is 58.2 Å². The normalized spacial score (nSPS) is 9.83. The van der Waals surface area contributed by atoms with Gasteiger partial charge in [-0.25, -0.2) is 0 Å². The van der Waals surface area contributed by atoms with Crippen molar-refractivity contribution in [2.45, 2.75) is 13.5 Å². The minimum absolute atomic E-state index is 0.686. The number of halogens is 1. The van der Waals surface area contributed by atoms with Crippen molar-refractivity contribution >= 4 is 28.3 Å². The van der Waals surface area contributed by atoms with E-state index in [-0.39, 0.29) is 0 Å². The van der Waals surface area contributed by atoms with Crippen molar-refractivity contribution in [3.63, 3.8) is 0 Å². The van der Waals surface area contributed by atoms with Crippen LogP contribution in [-0.4, -0.2) is 0 Å². The Balaban J connectivity index is 2.13. The lowest BCUT2D eigenvalue weighted by Crippen LogP contribution is -2.01. The highest BCUT2D eigenvalue weighted by molar-refractivity contribution is 14.1. The first-order valence-corrected chi connectivity index (χ1v) is 6.76. The fourth-order valence-corrected chi connectivity index (χ4v) is 2.33. The number of nitrogens with one attached hydrogen (secondary N) is 1. The first-order chi connectivity index (χ1) is 8.69. The van der Waals surface area contributed by atoms with Gasteiger partial charge in [-0.05, 0) is 64.9 Å². The molecule has 1 N–H and O–H groups in total. The molecular formula is C15H13IN2. The number of anilines is 1. The van der Waals surface area contributed by atoms with Crippen LogP contribution in [0.1, 0.15) is 16.7 Å². The van der Waals surface area contributed by atoms with Crippen LogP contribution in [0.5, 0.6) is 0 Å². The van der Waals surface area contributed by atoms with Crippen molar-refractivity contribution in [1.82, 2.24) is 0 Å². The molecule has 0 spiro atoms. The van der Waals surface area contributed by atoms with Gasteiger partial charge in [0.2, 0.25) is 0 Å². The summed E-state index contributed by atoms with van der Waals surface area (Å²) >= 11 is 2.31. The maximum atomic E-state index is 8.90. The van der Waals surface area contributed by atoms with E-state index < -0.39 is 0 Å². The summed E-state index contributed by atoms with van der Waals surface area (Å²) in [5.74, 6) is 0. The molecule has 0 fully saturated rings. The summed E-state index contributed by atoms with van der Waals surface area (Å²) in [6.07, 6.45) is 0. The summed E-state index contributed by atoms with van der Waals surface area (Å²) < 4.78 is 1.23. The lowest BCUT2D eigenvalue weighted by Gasteiger charge is -2.10. The molecule has 3 heteroatoms. The van der Waals surface area contributed by atoms with Crippen molar-refractivity contribution in [3.05, 3.63) is 62.7 Å². The molecule has 0 aromatic heterocycles. The number of nitriles is 1. The molecule has 2 aromatic carbocycles. The molecule has 90 valence electrons. The third kappa shape index (κ3) is 3.23. The SMILES string of the molecule is Cc1ccc(C#N)cc1NCc1cccc(I)c1. The van der Waals surface area contributed by atoms with Crippen molar-refractivity contribution < 1.29 is 0 Å².